The molecule has 6 nitrogen and oxygen atoms in total. The first-order valence-corrected chi connectivity index (χ1v) is 13.0. The lowest BCUT2D eigenvalue weighted by atomic mass is 10.0. The van der Waals surface area contributed by atoms with Crippen LogP contribution in [-0.4, -0.2) is 43.0 Å². The Morgan fingerprint density at radius 2 is 1.62 bits per heavy atom. The standard InChI is InChI=1S/C29H32Cl2N2O4/c1-3-4-16-32-29(35)27(18-21-8-6-5-7-9-21)33(19-22-10-15-25(30)26(31)17-22)28(34)20-37-24-13-11-23(36-2)12-14-24/h5-15,17,27H,3-4,16,18-20H2,1-2H3,(H,32,35). The molecule has 0 fully saturated rings. The van der Waals surface area contributed by atoms with Crippen molar-refractivity contribution in [3.05, 3.63) is 94.0 Å². The SMILES string of the molecule is CCCCNC(=O)C(Cc1ccccc1)N(Cc1ccc(Cl)c(Cl)c1)C(=O)COc1ccc(OC)cc1. The van der Waals surface area contributed by atoms with E-state index in [9.17, 15) is 9.59 Å². The molecule has 0 aromatic heterocycles. The third-order valence-corrected chi connectivity index (χ3v) is 6.60. The fourth-order valence-corrected chi connectivity index (χ4v) is 4.12. The average Bonchev–Trinajstić information content (AvgIpc) is 2.92. The largest absolute Gasteiger partial charge is 0.497 e. The molecule has 3 aromatic carbocycles. The third-order valence-electron chi connectivity index (χ3n) is 5.86. The zero-order chi connectivity index (χ0) is 26.6. The maximum absolute atomic E-state index is 13.6. The minimum absolute atomic E-state index is 0.167. The number of ether oxygens (including phenoxy) is 2. The van der Waals surface area contributed by atoms with E-state index in [1.54, 1.807) is 54.5 Å². The molecule has 0 spiro atoms. The molecule has 196 valence electrons. The number of rotatable bonds is 13. The van der Waals surface area contributed by atoms with Gasteiger partial charge in [-0.25, -0.2) is 0 Å². The van der Waals surface area contributed by atoms with E-state index in [2.05, 4.69) is 12.2 Å². The van der Waals surface area contributed by atoms with Crippen molar-refractivity contribution in [1.29, 1.82) is 0 Å². The lowest BCUT2D eigenvalue weighted by Gasteiger charge is -2.31. The molecular formula is C29H32Cl2N2O4. The van der Waals surface area contributed by atoms with Gasteiger partial charge in [-0.2, -0.15) is 0 Å². The molecular weight excluding hydrogens is 511 g/mol. The Labute approximate surface area is 228 Å². The summed E-state index contributed by atoms with van der Waals surface area (Å²) in [6, 6.07) is 21.1. The summed E-state index contributed by atoms with van der Waals surface area (Å²) in [5.41, 5.74) is 1.70. The van der Waals surface area contributed by atoms with Gasteiger partial charge in [-0.05, 0) is 53.9 Å². The summed E-state index contributed by atoms with van der Waals surface area (Å²) in [7, 11) is 1.58. The first kappa shape index (κ1) is 28.4. The van der Waals surface area contributed by atoms with Crippen molar-refractivity contribution in [2.75, 3.05) is 20.3 Å². The number of benzene rings is 3. The molecule has 1 unspecified atom stereocenters. The summed E-state index contributed by atoms with van der Waals surface area (Å²) in [6.07, 6.45) is 2.16. The van der Waals surface area contributed by atoms with Crippen LogP contribution in [-0.2, 0) is 22.6 Å². The number of halogens is 2. The molecule has 3 aromatic rings. The van der Waals surface area contributed by atoms with Crippen molar-refractivity contribution in [3.63, 3.8) is 0 Å². The van der Waals surface area contributed by atoms with E-state index in [0.29, 0.717) is 34.5 Å². The molecule has 1 N–H and O–H groups in total. The number of methoxy groups -OCH3 is 1. The maximum Gasteiger partial charge on any atom is 0.261 e. The zero-order valence-corrected chi connectivity index (χ0v) is 22.6. The number of hydrogen-bond donors (Lipinski definition) is 1. The van der Waals surface area contributed by atoms with E-state index in [-0.39, 0.29) is 25.0 Å². The van der Waals surface area contributed by atoms with E-state index < -0.39 is 6.04 Å². The fourth-order valence-electron chi connectivity index (χ4n) is 3.79. The number of nitrogens with one attached hydrogen (secondary N) is 1. The van der Waals surface area contributed by atoms with Crippen LogP contribution in [0.25, 0.3) is 0 Å². The van der Waals surface area contributed by atoms with E-state index in [1.807, 2.05) is 30.3 Å². The van der Waals surface area contributed by atoms with E-state index >= 15 is 0 Å². The van der Waals surface area contributed by atoms with Gasteiger partial charge in [-0.3, -0.25) is 9.59 Å². The average molecular weight is 543 g/mol. The molecule has 0 saturated carbocycles. The van der Waals surface area contributed by atoms with Crippen molar-refractivity contribution in [1.82, 2.24) is 10.2 Å². The molecule has 0 heterocycles. The maximum atomic E-state index is 13.6. The Hall–Kier alpha value is -3.22. The van der Waals surface area contributed by atoms with Gasteiger partial charge in [0.2, 0.25) is 5.91 Å². The molecule has 8 heteroatoms. The third kappa shape index (κ3) is 8.69. The van der Waals surface area contributed by atoms with E-state index in [4.69, 9.17) is 32.7 Å². The van der Waals surface area contributed by atoms with Gasteiger partial charge in [0, 0.05) is 19.5 Å². The van der Waals surface area contributed by atoms with Crippen LogP contribution in [0.3, 0.4) is 0 Å². The summed E-state index contributed by atoms with van der Waals surface area (Å²) in [5, 5.41) is 3.80. The summed E-state index contributed by atoms with van der Waals surface area (Å²) < 4.78 is 11.0. The van der Waals surface area contributed by atoms with Gasteiger partial charge in [0.1, 0.15) is 17.5 Å². The Morgan fingerprint density at radius 1 is 0.919 bits per heavy atom. The number of carbonyl (C=O) groups is 2. The van der Waals surface area contributed by atoms with E-state index in [1.165, 1.54) is 0 Å². The molecule has 2 amide bonds. The summed E-state index contributed by atoms with van der Waals surface area (Å²) in [5.74, 6) is 0.672. The van der Waals surface area contributed by atoms with Crippen LogP contribution >= 0.6 is 23.2 Å². The van der Waals surface area contributed by atoms with Crippen molar-refractivity contribution < 1.29 is 19.1 Å². The van der Waals surface area contributed by atoms with Gasteiger partial charge < -0.3 is 19.7 Å². The van der Waals surface area contributed by atoms with Crippen LogP contribution in [0.4, 0.5) is 0 Å². The highest BCUT2D eigenvalue weighted by Crippen LogP contribution is 2.24. The van der Waals surface area contributed by atoms with Gasteiger partial charge in [0.05, 0.1) is 17.2 Å². The summed E-state index contributed by atoms with van der Waals surface area (Å²) >= 11 is 12.4. The Kier molecular flexibility index (Phi) is 11.1. The van der Waals surface area contributed by atoms with Gasteiger partial charge in [0.15, 0.2) is 6.61 Å². The van der Waals surface area contributed by atoms with Crippen molar-refractivity contribution >= 4 is 35.0 Å². The van der Waals surface area contributed by atoms with Crippen molar-refractivity contribution in [2.24, 2.45) is 0 Å². The highest BCUT2D eigenvalue weighted by Gasteiger charge is 2.30. The lowest BCUT2D eigenvalue weighted by Crippen LogP contribution is -2.51. The van der Waals surface area contributed by atoms with Crippen molar-refractivity contribution in [3.8, 4) is 11.5 Å². The summed E-state index contributed by atoms with van der Waals surface area (Å²) in [6.45, 7) is 2.53. The molecule has 1 atom stereocenters. The second kappa shape index (κ2) is 14.5. The molecule has 0 aliphatic rings. The number of unbranched alkanes of at least 4 members (excludes halogenated alkanes) is 1. The molecule has 0 aliphatic heterocycles. The first-order chi connectivity index (χ1) is 17.9. The Bertz CT molecular complexity index is 1160. The highest BCUT2D eigenvalue weighted by atomic mass is 35.5. The van der Waals surface area contributed by atoms with E-state index in [0.717, 1.165) is 24.0 Å². The monoisotopic (exact) mass is 542 g/mol. The topological polar surface area (TPSA) is 67.9 Å². The van der Waals surface area contributed by atoms with Gasteiger partial charge in [-0.1, -0.05) is 72.9 Å². The molecule has 37 heavy (non-hydrogen) atoms. The van der Waals surface area contributed by atoms with Crippen molar-refractivity contribution in [2.45, 2.75) is 38.8 Å². The Balaban J connectivity index is 1.88. The molecule has 0 saturated heterocycles. The first-order valence-electron chi connectivity index (χ1n) is 12.2. The number of amides is 2. The van der Waals surface area contributed by atoms with Crippen LogP contribution in [0.15, 0.2) is 72.8 Å². The molecule has 0 aliphatic carbocycles. The van der Waals surface area contributed by atoms with Crippen LogP contribution in [0.2, 0.25) is 10.0 Å². The quantitative estimate of drug-likeness (QED) is 0.271. The second-order valence-electron chi connectivity index (χ2n) is 8.58. The number of hydrogen-bond acceptors (Lipinski definition) is 4. The zero-order valence-electron chi connectivity index (χ0n) is 21.1. The number of nitrogens with zero attached hydrogens (tertiary/aromatic N) is 1. The fraction of sp³-hybridized carbons (Fsp3) is 0.310. The molecule has 0 bridgehead atoms. The minimum Gasteiger partial charge on any atom is -0.497 e. The van der Waals surface area contributed by atoms with Gasteiger partial charge >= 0.3 is 0 Å². The minimum atomic E-state index is -0.749. The highest BCUT2D eigenvalue weighted by molar-refractivity contribution is 6.42. The molecule has 0 radical (unpaired) electrons. The van der Waals surface area contributed by atoms with Crippen LogP contribution in [0, 0.1) is 0 Å². The predicted molar refractivity (Wildman–Crippen MR) is 147 cm³/mol. The normalized spacial score (nSPS) is 11.5. The number of carbonyl (C=O) groups excluding carboxylic acids is 2. The smallest absolute Gasteiger partial charge is 0.261 e. The predicted octanol–water partition coefficient (Wildman–Crippen LogP) is 5.94. The van der Waals surface area contributed by atoms with Gasteiger partial charge in [-0.15, -0.1) is 0 Å². The van der Waals surface area contributed by atoms with Crippen LogP contribution in [0.1, 0.15) is 30.9 Å². The van der Waals surface area contributed by atoms with Gasteiger partial charge in [0.25, 0.3) is 5.91 Å². The lowest BCUT2D eigenvalue weighted by molar-refractivity contribution is -0.142. The Morgan fingerprint density at radius 3 is 2.27 bits per heavy atom. The second-order valence-corrected chi connectivity index (χ2v) is 9.40. The molecule has 3 rings (SSSR count). The van der Waals surface area contributed by atoms with Crippen LogP contribution in [0.5, 0.6) is 11.5 Å². The summed E-state index contributed by atoms with van der Waals surface area (Å²) in [4.78, 5) is 28.6. The van der Waals surface area contributed by atoms with Crippen LogP contribution < -0.4 is 14.8 Å².